The molecule has 3 rings (SSSR count). The topological polar surface area (TPSA) is 83.2 Å². The van der Waals surface area contributed by atoms with Gasteiger partial charge in [0, 0.05) is 44.0 Å². The number of rotatable bonds is 10. The van der Waals surface area contributed by atoms with Gasteiger partial charge in [0.25, 0.3) is 8.32 Å². The van der Waals surface area contributed by atoms with Crippen molar-refractivity contribution in [2.24, 2.45) is 0 Å². The van der Waals surface area contributed by atoms with Crippen molar-refractivity contribution in [3.8, 4) is 6.07 Å². The van der Waals surface area contributed by atoms with E-state index in [0.717, 1.165) is 30.8 Å². The summed E-state index contributed by atoms with van der Waals surface area (Å²) in [5.41, 5.74) is 2.71. The first-order valence-corrected chi connectivity index (χ1v) is 15.1. The molecular formula is C27H40FN5O2Si. The molecule has 9 heteroatoms. The number of nitriles is 1. The summed E-state index contributed by atoms with van der Waals surface area (Å²) in [6.07, 6.45) is 4.83. The molecule has 0 radical (unpaired) electrons. The molecule has 0 spiro atoms. The van der Waals surface area contributed by atoms with Crippen molar-refractivity contribution in [2.75, 3.05) is 19.6 Å². The van der Waals surface area contributed by atoms with Crippen LogP contribution >= 0.6 is 0 Å². The highest BCUT2D eigenvalue weighted by Crippen LogP contribution is 2.42. The molecule has 1 atom stereocenters. The first kappa shape index (κ1) is 27.9. The second-order valence-electron chi connectivity index (χ2n) is 10.7. The third-order valence-electron chi connectivity index (χ3n) is 7.60. The highest BCUT2D eigenvalue weighted by molar-refractivity contribution is 6.78. The largest absolute Gasteiger partial charge is 0.503 e. The van der Waals surface area contributed by atoms with Crippen LogP contribution in [0.15, 0.2) is 30.7 Å². The smallest absolute Gasteiger partial charge is 0.396 e. The maximum absolute atomic E-state index is 14.1. The molecule has 1 saturated heterocycles. The molecule has 196 valence electrons. The highest BCUT2D eigenvalue weighted by atomic mass is 28.4. The Morgan fingerprint density at radius 1 is 1.28 bits per heavy atom. The summed E-state index contributed by atoms with van der Waals surface area (Å²) in [6.45, 7) is 15.7. The maximum Gasteiger partial charge on any atom is 0.396 e. The van der Waals surface area contributed by atoms with Gasteiger partial charge in [-0.15, -0.1) is 0 Å². The quantitative estimate of drug-likeness (QED) is 0.427. The van der Waals surface area contributed by atoms with Gasteiger partial charge in [0.15, 0.2) is 0 Å². The summed E-state index contributed by atoms with van der Waals surface area (Å²) in [5, 5.41) is 12.4. The van der Waals surface area contributed by atoms with Gasteiger partial charge >= 0.3 is 6.09 Å². The Morgan fingerprint density at radius 3 is 2.53 bits per heavy atom. The normalized spacial score (nSPS) is 16.1. The summed E-state index contributed by atoms with van der Waals surface area (Å²) >= 11 is 0. The number of hydrogen-bond donors (Lipinski definition) is 1. The van der Waals surface area contributed by atoms with Crippen LogP contribution in [0.25, 0.3) is 0 Å². The Labute approximate surface area is 215 Å². The zero-order chi connectivity index (χ0) is 26.5. The Kier molecular flexibility index (Phi) is 9.31. The third kappa shape index (κ3) is 5.98. The molecule has 7 nitrogen and oxygen atoms in total. The first-order chi connectivity index (χ1) is 17.1. The van der Waals surface area contributed by atoms with E-state index in [4.69, 9.17) is 9.69 Å². The van der Waals surface area contributed by atoms with Crippen LogP contribution in [0.3, 0.4) is 0 Å². The van der Waals surface area contributed by atoms with Crippen molar-refractivity contribution in [3.63, 3.8) is 0 Å². The van der Waals surface area contributed by atoms with Crippen molar-refractivity contribution >= 4 is 14.4 Å². The first-order valence-electron chi connectivity index (χ1n) is 13.0. The van der Waals surface area contributed by atoms with Gasteiger partial charge in [-0.25, -0.2) is 14.2 Å². The summed E-state index contributed by atoms with van der Waals surface area (Å²) in [5.74, 6) is -0.521. The molecule has 1 unspecified atom stereocenters. The predicted molar refractivity (Wildman–Crippen MR) is 142 cm³/mol. The minimum Gasteiger partial charge on any atom is -0.503 e. The molecule has 2 aromatic rings. The average Bonchev–Trinajstić information content (AvgIpc) is 3.50. The van der Waals surface area contributed by atoms with Crippen LogP contribution < -0.4 is 5.32 Å². The minimum absolute atomic E-state index is 0.0350. The van der Waals surface area contributed by atoms with Crippen molar-refractivity contribution in [1.29, 1.82) is 5.26 Å². The van der Waals surface area contributed by atoms with Crippen molar-refractivity contribution in [3.05, 3.63) is 53.4 Å². The van der Waals surface area contributed by atoms with E-state index < -0.39 is 14.1 Å². The number of nitrogens with zero attached hydrogens (tertiary/aromatic N) is 4. The van der Waals surface area contributed by atoms with Crippen LogP contribution in [-0.2, 0) is 17.4 Å². The lowest BCUT2D eigenvalue weighted by Crippen LogP contribution is -2.54. The molecule has 2 heterocycles. The molecule has 1 fully saturated rings. The number of benzene rings is 1. The lowest BCUT2D eigenvalue weighted by atomic mass is 10.1. The van der Waals surface area contributed by atoms with E-state index in [1.807, 2.05) is 15.5 Å². The van der Waals surface area contributed by atoms with E-state index in [1.165, 1.54) is 12.1 Å². The molecule has 0 saturated carbocycles. The number of aromatic nitrogens is 2. The Morgan fingerprint density at radius 2 is 1.97 bits per heavy atom. The van der Waals surface area contributed by atoms with Crippen LogP contribution in [0.5, 0.6) is 0 Å². The van der Waals surface area contributed by atoms with Gasteiger partial charge in [-0.1, -0.05) is 47.6 Å². The lowest BCUT2D eigenvalue weighted by Gasteiger charge is -2.43. The third-order valence-corrected chi connectivity index (χ3v) is 13.5. The molecule has 36 heavy (non-hydrogen) atoms. The zero-order valence-corrected chi connectivity index (χ0v) is 23.4. The highest BCUT2D eigenvalue weighted by Gasteiger charge is 2.49. The van der Waals surface area contributed by atoms with Gasteiger partial charge in [-0.05, 0) is 47.3 Å². The fraction of sp³-hybridized carbons (Fsp3) is 0.593. The number of hydrogen-bond acceptors (Lipinski definition) is 5. The van der Waals surface area contributed by atoms with Crippen molar-refractivity contribution < 1.29 is 13.6 Å². The van der Waals surface area contributed by atoms with E-state index in [-0.39, 0.29) is 17.7 Å². The SMILES string of the molecule is CC(C)[Si](OC(=O)N(CCc1cncn1Cc1ccc(C#N)c(F)c1)C1CCNC1)(C(C)C)C(C)C. The average molecular weight is 514 g/mol. The van der Waals surface area contributed by atoms with Gasteiger partial charge in [-0.3, -0.25) is 0 Å². The standard InChI is InChI=1S/C27H40FN5O2Si/c1-19(2)36(20(3)4,21(5)6)35-27(34)33(25-9-11-30-16-25)12-10-24-15-31-18-32(24)17-22-7-8-23(14-29)26(28)13-22/h7-8,13,15,18-21,25,30H,9-12,16-17H2,1-6H3. The van der Waals surface area contributed by atoms with Crippen LogP contribution in [-0.4, -0.2) is 54.5 Å². The molecule has 1 N–H and O–H groups in total. The summed E-state index contributed by atoms with van der Waals surface area (Å²) in [6, 6.07) is 6.60. The summed E-state index contributed by atoms with van der Waals surface area (Å²) in [7, 11) is -2.36. The second kappa shape index (κ2) is 12.0. The summed E-state index contributed by atoms with van der Waals surface area (Å²) in [4.78, 5) is 19.9. The van der Waals surface area contributed by atoms with E-state index in [9.17, 15) is 9.18 Å². The minimum atomic E-state index is -2.36. The van der Waals surface area contributed by atoms with Gasteiger partial charge in [0.05, 0.1) is 11.9 Å². The van der Waals surface area contributed by atoms with Gasteiger partial charge in [0.2, 0.25) is 0 Å². The molecule has 1 aromatic carbocycles. The zero-order valence-electron chi connectivity index (χ0n) is 22.4. The van der Waals surface area contributed by atoms with E-state index in [2.05, 4.69) is 51.8 Å². The fourth-order valence-corrected chi connectivity index (χ4v) is 10.9. The Balaban J connectivity index is 1.77. The van der Waals surface area contributed by atoms with Crippen LogP contribution in [0.1, 0.15) is 64.8 Å². The predicted octanol–water partition coefficient (Wildman–Crippen LogP) is 5.46. The van der Waals surface area contributed by atoms with Gasteiger partial charge in [0.1, 0.15) is 11.9 Å². The lowest BCUT2D eigenvalue weighted by molar-refractivity contribution is 0.129. The molecular weight excluding hydrogens is 473 g/mol. The van der Waals surface area contributed by atoms with E-state index in [1.54, 1.807) is 18.6 Å². The fourth-order valence-electron chi connectivity index (χ4n) is 5.77. The molecule has 1 amide bonds. The number of amides is 1. The van der Waals surface area contributed by atoms with Crippen LogP contribution in [0.2, 0.25) is 16.6 Å². The summed E-state index contributed by atoms with van der Waals surface area (Å²) < 4.78 is 22.6. The number of imidazole rings is 1. The number of carbonyl (C=O) groups excluding carboxylic acids is 1. The van der Waals surface area contributed by atoms with Crippen LogP contribution in [0.4, 0.5) is 9.18 Å². The Bertz CT molecular complexity index is 1050. The Hall–Kier alpha value is -2.70. The molecule has 1 aromatic heterocycles. The number of carbonyl (C=O) groups is 1. The van der Waals surface area contributed by atoms with Crippen molar-refractivity contribution in [2.45, 2.75) is 83.6 Å². The maximum atomic E-state index is 14.1. The van der Waals surface area contributed by atoms with Gasteiger partial charge in [-0.2, -0.15) is 5.26 Å². The number of nitrogens with one attached hydrogen (secondary N) is 1. The molecule has 0 bridgehead atoms. The van der Waals surface area contributed by atoms with E-state index in [0.29, 0.717) is 36.1 Å². The van der Waals surface area contributed by atoms with E-state index >= 15 is 0 Å². The van der Waals surface area contributed by atoms with Crippen molar-refractivity contribution in [1.82, 2.24) is 19.8 Å². The van der Waals surface area contributed by atoms with Gasteiger partial charge < -0.3 is 19.2 Å². The number of halogens is 1. The van der Waals surface area contributed by atoms with Crippen LogP contribution in [0, 0.1) is 17.1 Å². The molecule has 1 aliphatic heterocycles. The molecule has 1 aliphatic rings. The molecule has 0 aliphatic carbocycles. The second-order valence-corrected chi connectivity index (χ2v) is 16.1. The monoisotopic (exact) mass is 513 g/mol.